The van der Waals surface area contributed by atoms with E-state index in [0.717, 1.165) is 24.1 Å². The van der Waals surface area contributed by atoms with E-state index in [9.17, 15) is 0 Å². The molecule has 0 unspecified atom stereocenters. The van der Waals surface area contributed by atoms with Gasteiger partial charge in [-0.25, -0.2) is 0 Å². The predicted octanol–water partition coefficient (Wildman–Crippen LogP) is 1.66. The van der Waals surface area contributed by atoms with Crippen LogP contribution in [0.15, 0.2) is 24.4 Å². The highest BCUT2D eigenvalue weighted by Gasteiger charge is 2.17. The maximum atomic E-state index is 6.00. The number of likely N-dealkylation sites (N-methyl/N-ethyl adjacent to an activating group) is 1. The van der Waals surface area contributed by atoms with Crippen LogP contribution in [0.4, 0.5) is 11.5 Å². The quantitative estimate of drug-likeness (QED) is 0.807. The molecule has 2 aromatic rings. The Morgan fingerprint density at radius 1 is 1.29 bits per heavy atom. The molecule has 0 bridgehead atoms. The number of aromatic nitrogens is 2. The lowest BCUT2D eigenvalue weighted by atomic mass is 10.0. The van der Waals surface area contributed by atoms with Crippen molar-refractivity contribution in [3.63, 3.8) is 0 Å². The van der Waals surface area contributed by atoms with Crippen molar-refractivity contribution in [1.29, 1.82) is 0 Å². The van der Waals surface area contributed by atoms with E-state index >= 15 is 0 Å². The van der Waals surface area contributed by atoms with Gasteiger partial charge in [-0.1, -0.05) is 12.1 Å². The number of nitrogen functional groups attached to an aromatic ring is 1. The summed E-state index contributed by atoms with van der Waals surface area (Å²) in [6.07, 6.45) is 2.96. The van der Waals surface area contributed by atoms with Gasteiger partial charge in [-0.2, -0.15) is 5.10 Å². The summed E-state index contributed by atoms with van der Waals surface area (Å²) in [6, 6.07) is 6.53. The number of hydrogen-bond donors (Lipinski definition) is 1. The van der Waals surface area contributed by atoms with Gasteiger partial charge in [-0.15, -0.1) is 0 Å². The first-order valence-electron chi connectivity index (χ1n) is 5.79. The number of hydrogen-bond acceptors (Lipinski definition) is 3. The maximum absolute atomic E-state index is 6.00. The van der Waals surface area contributed by atoms with Crippen molar-refractivity contribution < 1.29 is 0 Å². The van der Waals surface area contributed by atoms with Crippen LogP contribution >= 0.6 is 0 Å². The molecule has 88 valence electrons. The third-order valence-corrected chi connectivity index (χ3v) is 3.51. The van der Waals surface area contributed by atoms with Crippen molar-refractivity contribution in [2.45, 2.75) is 6.42 Å². The molecule has 4 heteroatoms. The summed E-state index contributed by atoms with van der Waals surface area (Å²) in [6.45, 7) is 1.10. The van der Waals surface area contributed by atoms with Crippen LogP contribution < -0.4 is 10.6 Å². The van der Waals surface area contributed by atoms with Gasteiger partial charge in [-0.05, 0) is 23.6 Å². The van der Waals surface area contributed by atoms with E-state index in [-0.39, 0.29) is 0 Å². The lowest BCUT2D eigenvalue weighted by molar-refractivity contribution is 0.779. The van der Waals surface area contributed by atoms with Gasteiger partial charge in [0.05, 0.1) is 6.20 Å². The fraction of sp³-hybridized carbons (Fsp3) is 0.308. The Hall–Kier alpha value is -1.97. The number of nitrogens with zero attached hydrogens (tertiary/aromatic N) is 3. The molecule has 2 N–H and O–H groups in total. The molecule has 1 aromatic carbocycles. The van der Waals surface area contributed by atoms with Crippen molar-refractivity contribution in [3.05, 3.63) is 30.0 Å². The zero-order valence-electron chi connectivity index (χ0n) is 10.1. The van der Waals surface area contributed by atoms with Crippen LogP contribution in [0.3, 0.4) is 0 Å². The average Bonchev–Trinajstić information content (AvgIpc) is 2.85. The van der Waals surface area contributed by atoms with Crippen molar-refractivity contribution in [2.75, 3.05) is 24.2 Å². The zero-order chi connectivity index (χ0) is 12.0. The zero-order valence-corrected chi connectivity index (χ0v) is 10.1. The monoisotopic (exact) mass is 228 g/mol. The minimum absolute atomic E-state index is 0.714. The first-order chi connectivity index (χ1) is 8.16. The number of benzene rings is 1. The molecular weight excluding hydrogens is 212 g/mol. The summed E-state index contributed by atoms with van der Waals surface area (Å²) in [5, 5.41) is 4.18. The van der Waals surface area contributed by atoms with E-state index in [1.54, 1.807) is 4.68 Å². The van der Waals surface area contributed by atoms with E-state index in [4.69, 9.17) is 5.73 Å². The third kappa shape index (κ3) is 1.48. The molecular formula is C13H16N4. The molecule has 1 aliphatic rings. The number of rotatable bonds is 1. The van der Waals surface area contributed by atoms with E-state index < -0.39 is 0 Å². The second-order valence-electron chi connectivity index (χ2n) is 4.58. The van der Waals surface area contributed by atoms with Crippen molar-refractivity contribution >= 4 is 11.5 Å². The second-order valence-corrected chi connectivity index (χ2v) is 4.58. The Kier molecular flexibility index (Phi) is 2.11. The minimum atomic E-state index is 0.714. The highest BCUT2D eigenvalue weighted by molar-refractivity contribution is 5.77. The molecule has 0 saturated carbocycles. The molecule has 17 heavy (non-hydrogen) atoms. The Balaban J connectivity index is 2.11. The lowest BCUT2D eigenvalue weighted by Gasteiger charge is -2.13. The first-order valence-corrected chi connectivity index (χ1v) is 5.79. The van der Waals surface area contributed by atoms with E-state index in [0.29, 0.717) is 5.82 Å². The molecule has 0 radical (unpaired) electrons. The van der Waals surface area contributed by atoms with Gasteiger partial charge in [0.2, 0.25) is 0 Å². The van der Waals surface area contributed by atoms with Gasteiger partial charge in [0.1, 0.15) is 5.82 Å². The molecule has 0 amide bonds. The maximum Gasteiger partial charge on any atom is 0.129 e. The Bertz CT molecular complexity index is 571. The topological polar surface area (TPSA) is 47.1 Å². The summed E-state index contributed by atoms with van der Waals surface area (Å²) >= 11 is 0. The smallest absolute Gasteiger partial charge is 0.129 e. The van der Waals surface area contributed by atoms with Crippen LogP contribution in [0, 0.1) is 0 Å². The fourth-order valence-corrected chi connectivity index (χ4v) is 2.38. The van der Waals surface area contributed by atoms with Gasteiger partial charge in [0.25, 0.3) is 0 Å². The molecule has 2 heterocycles. The number of fused-ring (bicyclic) bond motifs is 1. The van der Waals surface area contributed by atoms with Crippen molar-refractivity contribution in [1.82, 2.24) is 9.78 Å². The van der Waals surface area contributed by atoms with E-state index in [2.05, 4.69) is 35.2 Å². The van der Waals surface area contributed by atoms with Crippen LogP contribution in [-0.2, 0) is 13.5 Å². The molecule has 0 fully saturated rings. The largest absolute Gasteiger partial charge is 0.383 e. The van der Waals surface area contributed by atoms with Crippen LogP contribution in [0.1, 0.15) is 5.56 Å². The molecule has 1 aliphatic heterocycles. The summed E-state index contributed by atoms with van der Waals surface area (Å²) in [7, 11) is 3.99. The van der Waals surface area contributed by atoms with Gasteiger partial charge in [0.15, 0.2) is 0 Å². The lowest BCUT2D eigenvalue weighted by Crippen LogP contribution is -2.12. The Morgan fingerprint density at radius 2 is 2.12 bits per heavy atom. The summed E-state index contributed by atoms with van der Waals surface area (Å²) < 4.78 is 1.70. The molecule has 0 spiro atoms. The highest BCUT2D eigenvalue weighted by Crippen LogP contribution is 2.33. The molecule has 1 aromatic heterocycles. The van der Waals surface area contributed by atoms with Crippen LogP contribution in [0.2, 0.25) is 0 Å². The van der Waals surface area contributed by atoms with Gasteiger partial charge < -0.3 is 10.6 Å². The summed E-state index contributed by atoms with van der Waals surface area (Å²) in [5.74, 6) is 0.714. The number of aryl methyl sites for hydroxylation is 1. The second kappa shape index (κ2) is 3.52. The highest BCUT2D eigenvalue weighted by atomic mass is 15.3. The Morgan fingerprint density at radius 3 is 2.82 bits per heavy atom. The van der Waals surface area contributed by atoms with Gasteiger partial charge >= 0.3 is 0 Å². The summed E-state index contributed by atoms with van der Waals surface area (Å²) in [4.78, 5) is 2.28. The molecule has 0 aliphatic carbocycles. The van der Waals surface area contributed by atoms with E-state index in [1.165, 1.54) is 11.3 Å². The normalized spacial score (nSPS) is 14.1. The molecule has 3 rings (SSSR count). The van der Waals surface area contributed by atoms with Gasteiger partial charge in [0, 0.05) is 31.9 Å². The average molecular weight is 228 g/mol. The van der Waals surface area contributed by atoms with E-state index in [1.807, 2.05) is 13.2 Å². The number of nitrogens with two attached hydrogens (primary N) is 1. The van der Waals surface area contributed by atoms with Crippen LogP contribution in [0.5, 0.6) is 0 Å². The van der Waals surface area contributed by atoms with Crippen LogP contribution in [0.25, 0.3) is 11.1 Å². The predicted molar refractivity (Wildman–Crippen MR) is 70.0 cm³/mol. The standard InChI is InChI=1S/C13H16N4/c1-16-6-5-9-3-4-10(7-12(9)16)11-8-15-17(2)13(11)14/h3-4,7-8H,5-6,14H2,1-2H3. The van der Waals surface area contributed by atoms with Crippen LogP contribution in [-0.4, -0.2) is 23.4 Å². The Labute approximate surface area is 101 Å². The summed E-state index contributed by atoms with van der Waals surface area (Å²) in [5.41, 5.74) is 10.9. The van der Waals surface area contributed by atoms with Crippen molar-refractivity contribution in [2.24, 2.45) is 7.05 Å². The van der Waals surface area contributed by atoms with Crippen molar-refractivity contribution in [3.8, 4) is 11.1 Å². The SMILES string of the molecule is CN1CCc2ccc(-c3cnn(C)c3N)cc21. The molecule has 0 saturated heterocycles. The third-order valence-electron chi connectivity index (χ3n) is 3.51. The minimum Gasteiger partial charge on any atom is -0.383 e. The number of anilines is 2. The first kappa shape index (κ1) is 10.2. The fourth-order valence-electron chi connectivity index (χ4n) is 2.38. The molecule has 0 atom stereocenters. The molecule has 4 nitrogen and oxygen atoms in total. The van der Waals surface area contributed by atoms with Gasteiger partial charge in [-0.3, -0.25) is 4.68 Å².